The third kappa shape index (κ3) is 3.00. The number of hydrogen-bond acceptors (Lipinski definition) is 5. The maximum Gasteiger partial charge on any atom is 0.271 e. The van der Waals surface area contributed by atoms with Crippen LogP contribution in [0.4, 0.5) is 0 Å². The van der Waals surface area contributed by atoms with Crippen LogP contribution in [-0.2, 0) is 19.4 Å². The van der Waals surface area contributed by atoms with E-state index in [0.29, 0.717) is 10.7 Å². The number of aromatic nitrogens is 2. The van der Waals surface area contributed by atoms with Crippen LogP contribution in [0.3, 0.4) is 0 Å². The number of carbonyl (C=O) groups is 1. The number of hydrogen-bond donors (Lipinski definition) is 1. The Labute approximate surface area is 148 Å². The van der Waals surface area contributed by atoms with Gasteiger partial charge in [-0.15, -0.1) is 11.3 Å². The number of thiazole rings is 1. The fourth-order valence-corrected chi connectivity index (χ4v) is 4.41. The average molecular weight is 357 g/mol. The van der Waals surface area contributed by atoms with Crippen LogP contribution in [0.5, 0.6) is 0 Å². The first-order valence-corrected chi connectivity index (χ1v) is 9.31. The molecule has 4 rings (SSSR count). The lowest BCUT2D eigenvalue weighted by atomic mass is 10.2. The van der Waals surface area contributed by atoms with Gasteiger partial charge in [-0.1, -0.05) is 6.42 Å². The van der Waals surface area contributed by atoms with Gasteiger partial charge in [0, 0.05) is 16.8 Å². The van der Waals surface area contributed by atoms with Crippen LogP contribution in [-0.4, -0.2) is 15.3 Å². The fraction of sp³-hybridized carbons (Fsp3) is 0.389. The molecule has 25 heavy (non-hydrogen) atoms. The summed E-state index contributed by atoms with van der Waals surface area (Å²) in [7, 11) is 0. The van der Waals surface area contributed by atoms with Gasteiger partial charge in [0.05, 0.1) is 6.54 Å². The number of furan rings is 1. The lowest BCUT2D eigenvalue weighted by Crippen LogP contribution is -2.31. The van der Waals surface area contributed by atoms with Gasteiger partial charge in [-0.25, -0.2) is 4.98 Å². The van der Waals surface area contributed by atoms with Crippen molar-refractivity contribution in [2.45, 2.75) is 45.6 Å². The van der Waals surface area contributed by atoms with Crippen LogP contribution in [0.15, 0.2) is 27.5 Å². The summed E-state index contributed by atoms with van der Waals surface area (Å²) >= 11 is 1.57. The summed E-state index contributed by atoms with van der Waals surface area (Å²) in [6, 6.07) is 3.65. The minimum atomic E-state index is -0.422. The minimum Gasteiger partial charge on any atom is -0.465 e. The SMILES string of the molecule is Cc1ccc(CNC(=O)c2cnc3sc4c(n3c2=O)CCCCC4)o1. The van der Waals surface area contributed by atoms with Crippen molar-refractivity contribution in [1.29, 1.82) is 0 Å². The Morgan fingerprint density at radius 2 is 2.16 bits per heavy atom. The maximum absolute atomic E-state index is 12.9. The topological polar surface area (TPSA) is 76.6 Å². The van der Waals surface area contributed by atoms with E-state index < -0.39 is 5.91 Å². The van der Waals surface area contributed by atoms with E-state index >= 15 is 0 Å². The third-order valence-corrected chi connectivity index (χ3v) is 5.67. The van der Waals surface area contributed by atoms with Crippen molar-refractivity contribution in [2.24, 2.45) is 0 Å². The largest absolute Gasteiger partial charge is 0.465 e. The van der Waals surface area contributed by atoms with Crippen LogP contribution in [0.1, 0.15) is 51.7 Å². The predicted molar refractivity (Wildman–Crippen MR) is 95.2 cm³/mol. The Balaban J connectivity index is 1.65. The Morgan fingerprint density at radius 3 is 2.96 bits per heavy atom. The smallest absolute Gasteiger partial charge is 0.271 e. The second kappa shape index (κ2) is 6.48. The number of amides is 1. The van der Waals surface area contributed by atoms with E-state index in [1.165, 1.54) is 17.5 Å². The van der Waals surface area contributed by atoms with Gasteiger partial charge < -0.3 is 9.73 Å². The quantitative estimate of drug-likeness (QED) is 0.731. The summed E-state index contributed by atoms with van der Waals surface area (Å²) in [4.78, 5) is 31.6. The van der Waals surface area contributed by atoms with Crippen molar-refractivity contribution in [2.75, 3.05) is 0 Å². The Hall–Kier alpha value is -2.41. The third-order valence-electron chi connectivity index (χ3n) is 4.52. The molecule has 0 aromatic carbocycles. The van der Waals surface area contributed by atoms with Crippen LogP contribution in [0.2, 0.25) is 0 Å². The number of carbonyl (C=O) groups excluding carboxylic acids is 1. The molecule has 0 bridgehead atoms. The van der Waals surface area contributed by atoms with Crippen molar-refractivity contribution in [3.63, 3.8) is 0 Å². The van der Waals surface area contributed by atoms with Crippen molar-refractivity contribution >= 4 is 22.2 Å². The molecule has 1 aliphatic carbocycles. The lowest BCUT2D eigenvalue weighted by Gasteiger charge is -2.05. The van der Waals surface area contributed by atoms with E-state index in [0.717, 1.165) is 37.1 Å². The van der Waals surface area contributed by atoms with Crippen LogP contribution in [0, 0.1) is 6.92 Å². The van der Waals surface area contributed by atoms with Gasteiger partial charge in [0.1, 0.15) is 17.1 Å². The van der Waals surface area contributed by atoms with E-state index in [4.69, 9.17) is 4.42 Å². The molecule has 6 nitrogen and oxygen atoms in total. The molecule has 3 aromatic heterocycles. The minimum absolute atomic E-state index is 0.0747. The van der Waals surface area contributed by atoms with Crippen molar-refractivity contribution < 1.29 is 9.21 Å². The van der Waals surface area contributed by atoms with Crippen LogP contribution < -0.4 is 10.9 Å². The van der Waals surface area contributed by atoms with E-state index in [9.17, 15) is 9.59 Å². The van der Waals surface area contributed by atoms with Gasteiger partial charge in [0.25, 0.3) is 11.5 Å². The molecule has 0 saturated heterocycles. The first-order valence-electron chi connectivity index (χ1n) is 8.49. The molecule has 130 valence electrons. The second-order valence-electron chi connectivity index (χ2n) is 6.32. The van der Waals surface area contributed by atoms with Crippen molar-refractivity contribution in [3.8, 4) is 0 Å². The van der Waals surface area contributed by atoms with Gasteiger partial charge in [0.2, 0.25) is 0 Å². The molecule has 0 saturated carbocycles. The maximum atomic E-state index is 12.9. The average Bonchev–Trinajstić information content (AvgIpc) is 3.09. The number of nitrogens with one attached hydrogen (secondary N) is 1. The van der Waals surface area contributed by atoms with Gasteiger partial charge in [-0.2, -0.15) is 0 Å². The highest BCUT2D eigenvalue weighted by molar-refractivity contribution is 7.17. The standard InChI is InChI=1S/C18H19N3O3S/c1-11-7-8-12(24-11)9-19-16(22)13-10-20-18-21(17(13)23)14-5-3-2-4-6-15(14)25-18/h7-8,10H,2-6,9H2,1H3,(H,19,22). The summed E-state index contributed by atoms with van der Waals surface area (Å²) in [6.45, 7) is 2.09. The summed E-state index contributed by atoms with van der Waals surface area (Å²) in [6.07, 6.45) is 6.63. The summed E-state index contributed by atoms with van der Waals surface area (Å²) in [5.41, 5.74) is 0.828. The highest BCUT2D eigenvalue weighted by atomic mass is 32.1. The molecule has 0 spiro atoms. The molecule has 0 radical (unpaired) electrons. The van der Waals surface area contributed by atoms with Crippen LogP contribution >= 0.6 is 11.3 Å². The molecule has 3 heterocycles. The predicted octanol–water partition coefficient (Wildman–Crippen LogP) is 2.86. The molecule has 0 atom stereocenters. The number of nitrogens with zero attached hydrogens (tertiary/aromatic N) is 2. The number of rotatable bonds is 3. The van der Waals surface area contributed by atoms with Gasteiger partial charge >= 0.3 is 0 Å². The molecule has 0 fully saturated rings. The van der Waals surface area contributed by atoms with Gasteiger partial charge in [-0.05, 0) is 44.7 Å². The molecule has 7 heteroatoms. The zero-order valence-corrected chi connectivity index (χ0v) is 14.8. The van der Waals surface area contributed by atoms with E-state index in [2.05, 4.69) is 10.3 Å². The molecular weight excluding hydrogens is 338 g/mol. The molecule has 1 N–H and O–H groups in total. The Kier molecular flexibility index (Phi) is 4.17. The zero-order chi connectivity index (χ0) is 17.4. The highest BCUT2D eigenvalue weighted by Crippen LogP contribution is 2.27. The molecule has 1 aliphatic rings. The molecular formula is C18H19N3O3S. The second-order valence-corrected chi connectivity index (χ2v) is 7.38. The normalized spacial score (nSPS) is 14.3. The first kappa shape index (κ1) is 16.1. The molecule has 3 aromatic rings. The van der Waals surface area contributed by atoms with E-state index in [-0.39, 0.29) is 17.7 Å². The van der Waals surface area contributed by atoms with Gasteiger partial charge in [-0.3, -0.25) is 14.0 Å². The summed E-state index contributed by atoms with van der Waals surface area (Å²) < 4.78 is 7.07. The Bertz CT molecular complexity index is 999. The van der Waals surface area contributed by atoms with Crippen molar-refractivity contribution in [3.05, 3.63) is 56.3 Å². The van der Waals surface area contributed by atoms with Gasteiger partial charge in [0.15, 0.2) is 4.96 Å². The Morgan fingerprint density at radius 1 is 1.32 bits per heavy atom. The molecule has 0 aliphatic heterocycles. The van der Waals surface area contributed by atoms with E-state index in [1.54, 1.807) is 15.7 Å². The number of aryl methyl sites for hydroxylation is 3. The lowest BCUT2D eigenvalue weighted by molar-refractivity contribution is 0.0946. The molecule has 1 amide bonds. The van der Waals surface area contributed by atoms with Crippen LogP contribution in [0.25, 0.3) is 4.96 Å². The zero-order valence-electron chi connectivity index (χ0n) is 14.0. The summed E-state index contributed by atoms with van der Waals surface area (Å²) in [5, 5.41) is 2.74. The number of fused-ring (bicyclic) bond motifs is 3. The fourth-order valence-electron chi connectivity index (χ4n) is 3.24. The first-order chi connectivity index (χ1) is 12.1. The van der Waals surface area contributed by atoms with Crippen molar-refractivity contribution in [1.82, 2.24) is 14.7 Å². The summed E-state index contributed by atoms with van der Waals surface area (Å²) in [5.74, 6) is 1.02. The highest BCUT2D eigenvalue weighted by Gasteiger charge is 2.20. The molecule has 0 unspecified atom stereocenters. The monoisotopic (exact) mass is 357 g/mol. The van der Waals surface area contributed by atoms with E-state index in [1.807, 2.05) is 19.1 Å².